The summed E-state index contributed by atoms with van der Waals surface area (Å²) < 4.78 is 15.0. The third-order valence-electron chi connectivity index (χ3n) is 8.10. The number of piperidine rings is 1. The van der Waals surface area contributed by atoms with E-state index in [1.165, 1.54) is 5.39 Å². The van der Waals surface area contributed by atoms with Crippen molar-refractivity contribution in [3.8, 4) is 21.7 Å². The van der Waals surface area contributed by atoms with Gasteiger partial charge in [-0.2, -0.15) is 5.10 Å². The number of halogens is 1. The van der Waals surface area contributed by atoms with E-state index in [9.17, 15) is 4.79 Å². The molecule has 1 unspecified atom stereocenters. The number of hydrogen-bond donors (Lipinski definition) is 1. The van der Waals surface area contributed by atoms with Crippen molar-refractivity contribution in [2.45, 2.75) is 65.1 Å². The molecule has 5 aromatic rings. The number of carbonyl (C=O) groups excluding carboxylic acids is 1. The van der Waals surface area contributed by atoms with Crippen molar-refractivity contribution in [2.24, 2.45) is 7.05 Å². The lowest BCUT2D eigenvalue weighted by Crippen LogP contribution is -2.29. The third-order valence-corrected chi connectivity index (χ3v) is 9.49. The topological polar surface area (TPSA) is 78.3 Å². The molecule has 6 rings (SSSR count). The first-order valence-electron chi connectivity index (χ1n) is 15.3. The van der Waals surface area contributed by atoms with Gasteiger partial charge in [0.25, 0.3) is 0 Å². The van der Waals surface area contributed by atoms with E-state index < -0.39 is 17.7 Å². The van der Waals surface area contributed by atoms with E-state index in [2.05, 4.69) is 29.6 Å². The summed E-state index contributed by atoms with van der Waals surface area (Å²) in [6.45, 7) is 11.9. The van der Waals surface area contributed by atoms with E-state index in [0.29, 0.717) is 10.9 Å². The summed E-state index contributed by atoms with van der Waals surface area (Å²) in [6, 6.07) is 16.3. The van der Waals surface area contributed by atoms with Crippen LogP contribution in [0.25, 0.3) is 42.8 Å². The minimum absolute atomic E-state index is 0.265. The maximum atomic E-state index is 13.5. The standard InChI is InChI=1S/C35H39ClN4O3S/c1-7-42-34(41)31(43-35(3,4)5)28-20(2)17-26-32(29(28)21-10-13-24(36)14-11-21)44-33(38-26)22-12-15-27-25(18-22)30(39-40(27)6)23-9-8-16-37-19-23/h10-15,17-18,23,31,37H,7-9,16,19H2,1-6H3/t23?,31-/m0/s1. The lowest BCUT2D eigenvalue weighted by Gasteiger charge is -2.29. The molecule has 9 heteroatoms. The van der Waals surface area contributed by atoms with E-state index in [-0.39, 0.29) is 6.61 Å². The molecule has 230 valence electrons. The fourth-order valence-corrected chi connectivity index (χ4v) is 7.43. The second-order valence-electron chi connectivity index (χ2n) is 12.5. The van der Waals surface area contributed by atoms with Gasteiger partial charge in [0, 0.05) is 46.6 Å². The molecule has 0 radical (unpaired) electrons. The number of thiazole rings is 1. The van der Waals surface area contributed by atoms with Crippen LogP contribution in [-0.4, -0.2) is 46.0 Å². The monoisotopic (exact) mass is 630 g/mol. The number of rotatable bonds is 7. The van der Waals surface area contributed by atoms with E-state index in [1.807, 2.05) is 70.6 Å². The SMILES string of the molecule is CCOC(=O)[C@@H](OC(C)(C)C)c1c(C)cc2nc(-c3ccc4c(c3)c(C3CCCNC3)nn4C)sc2c1-c1ccc(Cl)cc1. The van der Waals surface area contributed by atoms with Gasteiger partial charge in [-0.1, -0.05) is 23.7 Å². The maximum Gasteiger partial charge on any atom is 0.339 e. The first-order chi connectivity index (χ1) is 21.0. The number of carbonyl (C=O) groups is 1. The summed E-state index contributed by atoms with van der Waals surface area (Å²) in [5.74, 6) is -0.0148. The second-order valence-corrected chi connectivity index (χ2v) is 13.9. The van der Waals surface area contributed by atoms with Gasteiger partial charge in [-0.3, -0.25) is 4.68 Å². The number of fused-ring (bicyclic) bond motifs is 2. The van der Waals surface area contributed by atoms with Crippen LogP contribution in [0, 0.1) is 6.92 Å². The van der Waals surface area contributed by atoms with Crippen molar-refractivity contribution in [1.29, 1.82) is 0 Å². The predicted octanol–water partition coefficient (Wildman–Crippen LogP) is 8.37. The molecule has 1 N–H and O–H groups in total. The van der Waals surface area contributed by atoms with Crippen LogP contribution in [0.3, 0.4) is 0 Å². The molecule has 2 atom stereocenters. The normalized spacial score (nSPS) is 16.5. The summed E-state index contributed by atoms with van der Waals surface area (Å²) in [5.41, 5.74) is 7.16. The fourth-order valence-electron chi connectivity index (χ4n) is 6.18. The van der Waals surface area contributed by atoms with Gasteiger partial charge in [0.2, 0.25) is 0 Å². The first-order valence-corrected chi connectivity index (χ1v) is 16.5. The molecule has 3 heterocycles. The molecule has 1 fully saturated rings. The average molecular weight is 631 g/mol. The largest absolute Gasteiger partial charge is 0.464 e. The molecule has 1 aliphatic rings. The maximum absolute atomic E-state index is 13.5. The van der Waals surface area contributed by atoms with E-state index in [1.54, 1.807) is 11.3 Å². The average Bonchev–Trinajstić information content (AvgIpc) is 3.56. The lowest BCUT2D eigenvalue weighted by molar-refractivity contribution is -0.166. The molecule has 0 saturated carbocycles. The molecule has 1 aliphatic heterocycles. The zero-order valence-electron chi connectivity index (χ0n) is 26.2. The first kappa shape index (κ1) is 30.7. The van der Waals surface area contributed by atoms with Gasteiger partial charge >= 0.3 is 5.97 Å². The van der Waals surface area contributed by atoms with Crippen molar-refractivity contribution in [3.63, 3.8) is 0 Å². The Morgan fingerprint density at radius 3 is 2.59 bits per heavy atom. The highest BCUT2D eigenvalue weighted by atomic mass is 35.5. The van der Waals surface area contributed by atoms with Crippen LogP contribution in [0.5, 0.6) is 0 Å². The van der Waals surface area contributed by atoms with Crippen molar-refractivity contribution in [2.75, 3.05) is 19.7 Å². The Hall–Kier alpha value is -3.30. The Morgan fingerprint density at radius 2 is 1.91 bits per heavy atom. The number of nitrogens with one attached hydrogen (secondary N) is 1. The Labute approximate surface area is 267 Å². The Morgan fingerprint density at radius 1 is 1.16 bits per heavy atom. The molecule has 0 bridgehead atoms. The van der Waals surface area contributed by atoms with Gasteiger partial charge < -0.3 is 14.8 Å². The Balaban J connectivity index is 1.55. The van der Waals surface area contributed by atoms with Crippen LogP contribution in [-0.2, 0) is 21.3 Å². The van der Waals surface area contributed by atoms with Gasteiger partial charge in [0.15, 0.2) is 6.10 Å². The third kappa shape index (κ3) is 6.01. The molecular formula is C35H39ClN4O3S. The highest BCUT2D eigenvalue weighted by molar-refractivity contribution is 7.22. The van der Waals surface area contributed by atoms with E-state index >= 15 is 0 Å². The van der Waals surface area contributed by atoms with Crippen molar-refractivity contribution >= 4 is 50.0 Å². The highest BCUT2D eigenvalue weighted by Crippen LogP contribution is 2.45. The van der Waals surface area contributed by atoms with Gasteiger partial charge in [-0.05, 0) is 102 Å². The van der Waals surface area contributed by atoms with Crippen LogP contribution in [0.2, 0.25) is 5.02 Å². The van der Waals surface area contributed by atoms with Crippen LogP contribution < -0.4 is 5.32 Å². The van der Waals surface area contributed by atoms with Gasteiger partial charge in [0.05, 0.1) is 33.6 Å². The molecule has 2 aromatic heterocycles. The van der Waals surface area contributed by atoms with Crippen LogP contribution in [0.4, 0.5) is 0 Å². The molecule has 0 amide bonds. The zero-order valence-corrected chi connectivity index (χ0v) is 27.7. The molecule has 7 nitrogen and oxygen atoms in total. The zero-order chi connectivity index (χ0) is 31.2. The number of ether oxygens (including phenoxy) is 2. The Kier molecular flexibility index (Phi) is 8.54. The fraction of sp³-hybridized carbons (Fsp3) is 0.400. The quantitative estimate of drug-likeness (QED) is 0.182. The van der Waals surface area contributed by atoms with Gasteiger partial charge in [0.1, 0.15) is 5.01 Å². The van der Waals surface area contributed by atoms with Crippen LogP contribution in [0.1, 0.15) is 69.4 Å². The summed E-state index contributed by atoms with van der Waals surface area (Å²) in [5, 5.41) is 11.2. The van der Waals surface area contributed by atoms with Crippen molar-refractivity contribution in [1.82, 2.24) is 20.1 Å². The number of nitrogens with zero attached hydrogens (tertiary/aromatic N) is 3. The highest BCUT2D eigenvalue weighted by Gasteiger charge is 2.33. The van der Waals surface area contributed by atoms with Crippen LogP contribution in [0.15, 0.2) is 48.5 Å². The number of benzene rings is 3. The number of esters is 1. The van der Waals surface area contributed by atoms with Gasteiger partial charge in [-0.15, -0.1) is 11.3 Å². The molecule has 3 aromatic carbocycles. The smallest absolute Gasteiger partial charge is 0.339 e. The van der Waals surface area contributed by atoms with Gasteiger partial charge in [-0.25, -0.2) is 9.78 Å². The molecular weight excluding hydrogens is 592 g/mol. The molecule has 0 spiro atoms. The summed E-state index contributed by atoms with van der Waals surface area (Å²) in [4.78, 5) is 18.6. The summed E-state index contributed by atoms with van der Waals surface area (Å²) in [7, 11) is 2.02. The van der Waals surface area contributed by atoms with E-state index in [4.69, 9.17) is 31.2 Å². The molecule has 0 aliphatic carbocycles. The van der Waals surface area contributed by atoms with Crippen molar-refractivity contribution in [3.05, 3.63) is 70.4 Å². The predicted molar refractivity (Wildman–Crippen MR) is 180 cm³/mol. The number of aromatic nitrogens is 3. The lowest BCUT2D eigenvalue weighted by atomic mass is 9.91. The Bertz CT molecular complexity index is 1830. The number of hydrogen-bond acceptors (Lipinski definition) is 7. The van der Waals surface area contributed by atoms with Crippen molar-refractivity contribution < 1.29 is 14.3 Å². The minimum Gasteiger partial charge on any atom is -0.464 e. The number of aryl methyl sites for hydroxylation is 2. The summed E-state index contributed by atoms with van der Waals surface area (Å²) >= 11 is 7.94. The minimum atomic E-state index is -0.908. The van der Waals surface area contributed by atoms with Crippen LogP contribution >= 0.6 is 22.9 Å². The molecule has 44 heavy (non-hydrogen) atoms. The van der Waals surface area contributed by atoms with E-state index in [0.717, 1.165) is 80.2 Å². The summed E-state index contributed by atoms with van der Waals surface area (Å²) in [6.07, 6.45) is 1.38. The molecule has 1 saturated heterocycles. The second kappa shape index (κ2) is 12.2.